The van der Waals surface area contributed by atoms with Crippen LogP contribution < -0.4 is 0 Å². The van der Waals surface area contributed by atoms with Crippen molar-refractivity contribution in [2.45, 2.75) is 6.92 Å². The summed E-state index contributed by atoms with van der Waals surface area (Å²) in [6, 6.07) is 1.60. The van der Waals surface area contributed by atoms with Crippen molar-refractivity contribution < 1.29 is 14.1 Å². The summed E-state index contributed by atoms with van der Waals surface area (Å²) in [5, 5.41) is 3.61. The minimum atomic E-state index is -0.411. The Morgan fingerprint density at radius 2 is 2.50 bits per heavy atom. The van der Waals surface area contributed by atoms with Crippen molar-refractivity contribution in [1.29, 1.82) is 0 Å². The molecule has 0 bridgehead atoms. The minimum absolute atomic E-state index is 0.409. The molecule has 1 heterocycles. The van der Waals surface area contributed by atoms with Gasteiger partial charge < -0.3 is 9.26 Å². The lowest BCUT2D eigenvalue weighted by atomic mass is 10.2. The van der Waals surface area contributed by atoms with Gasteiger partial charge in [-0.15, -0.1) is 0 Å². The van der Waals surface area contributed by atoms with Gasteiger partial charge in [-0.25, -0.2) is 4.79 Å². The molecule has 0 aromatic carbocycles. The molecule has 64 valence electrons. The molecule has 0 saturated carbocycles. The fraction of sp³-hybridized carbons (Fsp3) is 0.250. The van der Waals surface area contributed by atoms with E-state index in [9.17, 15) is 4.79 Å². The van der Waals surface area contributed by atoms with Crippen LogP contribution in [0.15, 0.2) is 22.9 Å². The van der Waals surface area contributed by atoms with Gasteiger partial charge in [-0.2, -0.15) is 0 Å². The second kappa shape index (κ2) is 3.71. The molecule has 1 aromatic rings. The Balaban J connectivity index is 2.93. The summed E-state index contributed by atoms with van der Waals surface area (Å²) in [7, 11) is 1.33. The summed E-state index contributed by atoms with van der Waals surface area (Å²) < 4.78 is 9.13. The average Bonchev–Trinajstić information content (AvgIpc) is 2.58. The van der Waals surface area contributed by atoms with E-state index in [2.05, 4.69) is 14.4 Å². The van der Waals surface area contributed by atoms with Crippen LogP contribution in [-0.4, -0.2) is 18.2 Å². The highest BCUT2D eigenvalue weighted by Crippen LogP contribution is 2.12. The molecule has 0 fully saturated rings. The number of allylic oxidation sites excluding steroid dienone is 1. The molecule has 0 amide bonds. The van der Waals surface area contributed by atoms with Crippen molar-refractivity contribution in [3.8, 4) is 0 Å². The number of methoxy groups -OCH3 is 1. The Bertz CT molecular complexity index is 287. The highest BCUT2D eigenvalue weighted by Gasteiger charge is 2.13. The number of ether oxygens (including phenoxy) is 1. The molecule has 0 spiro atoms. The molecule has 0 radical (unpaired) electrons. The second-order valence-electron chi connectivity index (χ2n) is 2.08. The molecule has 0 aliphatic rings. The Morgan fingerprint density at radius 3 is 2.92 bits per heavy atom. The zero-order valence-corrected chi connectivity index (χ0v) is 6.90. The SMILES string of the molecule is C/C=C(\C(=O)OC)c1ccon1. The third kappa shape index (κ3) is 1.53. The molecule has 12 heavy (non-hydrogen) atoms. The number of aromatic nitrogens is 1. The van der Waals surface area contributed by atoms with Crippen molar-refractivity contribution in [3.05, 3.63) is 24.1 Å². The van der Waals surface area contributed by atoms with Gasteiger partial charge in [0.25, 0.3) is 0 Å². The van der Waals surface area contributed by atoms with Crippen molar-refractivity contribution in [2.75, 3.05) is 7.11 Å². The lowest BCUT2D eigenvalue weighted by Crippen LogP contribution is -2.03. The molecule has 0 saturated heterocycles. The van der Waals surface area contributed by atoms with E-state index in [0.29, 0.717) is 11.3 Å². The van der Waals surface area contributed by atoms with E-state index in [1.807, 2.05) is 0 Å². The summed E-state index contributed by atoms with van der Waals surface area (Å²) in [4.78, 5) is 11.1. The topological polar surface area (TPSA) is 52.3 Å². The van der Waals surface area contributed by atoms with Crippen LogP contribution in [-0.2, 0) is 9.53 Å². The van der Waals surface area contributed by atoms with E-state index in [4.69, 9.17) is 0 Å². The Hall–Kier alpha value is -1.58. The highest BCUT2D eigenvalue weighted by molar-refractivity contribution is 6.15. The average molecular weight is 167 g/mol. The van der Waals surface area contributed by atoms with Crippen LogP contribution >= 0.6 is 0 Å². The number of rotatable bonds is 2. The first-order valence-corrected chi connectivity index (χ1v) is 3.45. The number of hydrogen-bond acceptors (Lipinski definition) is 4. The quantitative estimate of drug-likeness (QED) is 0.491. The zero-order chi connectivity index (χ0) is 8.97. The van der Waals surface area contributed by atoms with Gasteiger partial charge in [0, 0.05) is 6.07 Å². The number of carbonyl (C=O) groups excluding carboxylic acids is 1. The molecule has 1 rings (SSSR count). The van der Waals surface area contributed by atoms with Crippen molar-refractivity contribution >= 4 is 11.5 Å². The molecule has 0 aliphatic heterocycles. The number of carbonyl (C=O) groups is 1. The van der Waals surface area contributed by atoms with Crippen LogP contribution in [0, 0.1) is 0 Å². The third-order valence-electron chi connectivity index (χ3n) is 1.41. The van der Waals surface area contributed by atoms with Gasteiger partial charge in [0.05, 0.1) is 12.7 Å². The second-order valence-corrected chi connectivity index (χ2v) is 2.08. The van der Waals surface area contributed by atoms with Crippen LogP contribution in [0.25, 0.3) is 5.57 Å². The number of nitrogens with zero attached hydrogens (tertiary/aromatic N) is 1. The van der Waals surface area contributed by atoms with Gasteiger partial charge in [-0.05, 0) is 6.92 Å². The normalized spacial score (nSPS) is 11.3. The van der Waals surface area contributed by atoms with E-state index >= 15 is 0 Å². The van der Waals surface area contributed by atoms with Crippen LogP contribution in [0.4, 0.5) is 0 Å². The van der Waals surface area contributed by atoms with E-state index in [1.54, 1.807) is 19.1 Å². The smallest absolute Gasteiger partial charge is 0.339 e. The molecule has 0 atom stereocenters. The van der Waals surface area contributed by atoms with E-state index in [-0.39, 0.29) is 0 Å². The minimum Gasteiger partial charge on any atom is -0.465 e. The summed E-state index contributed by atoms with van der Waals surface area (Å²) in [6.45, 7) is 1.74. The zero-order valence-electron chi connectivity index (χ0n) is 6.90. The third-order valence-corrected chi connectivity index (χ3v) is 1.41. The first-order chi connectivity index (χ1) is 5.79. The number of esters is 1. The molecule has 1 aromatic heterocycles. The highest BCUT2D eigenvalue weighted by atomic mass is 16.5. The van der Waals surface area contributed by atoms with Gasteiger partial charge in [0.15, 0.2) is 0 Å². The molecule has 4 nitrogen and oxygen atoms in total. The Labute approximate surface area is 69.8 Å². The summed E-state index contributed by atoms with van der Waals surface area (Å²) in [5.41, 5.74) is 0.899. The van der Waals surface area contributed by atoms with Crippen LogP contribution in [0.1, 0.15) is 12.6 Å². The first kappa shape index (κ1) is 8.52. The fourth-order valence-electron chi connectivity index (χ4n) is 0.832. The number of hydrogen-bond donors (Lipinski definition) is 0. The van der Waals surface area contributed by atoms with Gasteiger partial charge in [0.1, 0.15) is 12.0 Å². The summed E-state index contributed by atoms with van der Waals surface area (Å²) >= 11 is 0. The van der Waals surface area contributed by atoms with Crippen molar-refractivity contribution in [2.24, 2.45) is 0 Å². The van der Waals surface area contributed by atoms with Gasteiger partial charge in [0.2, 0.25) is 0 Å². The Morgan fingerprint density at radius 1 is 1.75 bits per heavy atom. The predicted octanol–water partition coefficient (Wildman–Crippen LogP) is 1.25. The summed E-state index contributed by atoms with van der Waals surface area (Å²) in [5.74, 6) is -0.411. The molecule has 0 aliphatic carbocycles. The van der Waals surface area contributed by atoms with Crippen LogP contribution in [0.3, 0.4) is 0 Å². The largest absolute Gasteiger partial charge is 0.465 e. The van der Waals surface area contributed by atoms with Crippen molar-refractivity contribution in [1.82, 2.24) is 5.16 Å². The van der Waals surface area contributed by atoms with E-state index < -0.39 is 5.97 Å². The lowest BCUT2D eigenvalue weighted by Gasteiger charge is -1.98. The monoisotopic (exact) mass is 167 g/mol. The molecule has 0 N–H and O–H groups in total. The maximum atomic E-state index is 11.1. The molecular weight excluding hydrogens is 158 g/mol. The fourth-order valence-corrected chi connectivity index (χ4v) is 0.832. The lowest BCUT2D eigenvalue weighted by molar-refractivity contribution is -0.133. The maximum Gasteiger partial charge on any atom is 0.339 e. The predicted molar refractivity (Wildman–Crippen MR) is 42.2 cm³/mol. The van der Waals surface area contributed by atoms with Crippen molar-refractivity contribution in [3.63, 3.8) is 0 Å². The molecule has 4 heteroatoms. The summed E-state index contributed by atoms with van der Waals surface area (Å²) in [6.07, 6.45) is 3.03. The van der Waals surface area contributed by atoms with Gasteiger partial charge in [-0.3, -0.25) is 0 Å². The maximum absolute atomic E-state index is 11.1. The van der Waals surface area contributed by atoms with Gasteiger partial charge in [-0.1, -0.05) is 11.2 Å². The van der Waals surface area contributed by atoms with E-state index in [0.717, 1.165) is 0 Å². The standard InChI is InChI=1S/C8H9NO3/c1-3-6(8(10)11-2)7-4-5-12-9-7/h3-5H,1-2H3/b6-3-. The van der Waals surface area contributed by atoms with Gasteiger partial charge >= 0.3 is 5.97 Å². The van der Waals surface area contributed by atoms with E-state index in [1.165, 1.54) is 13.4 Å². The van der Waals surface area contributed by atoms with Crippen LogP contribution in [0.5, 0.6) is 0 Å². The Kier molecular flexibility index (Phi) is 2.63. The van der Waals surface area contributed by atoms with Crippen LogP contribution in [0.2, 0.25) is 0 Å². The molecular formula is C8H9NO3. The first-order valence-electron chi connectivity index (χ1n) is 3.45. The molecule has 0 unspecified atom stereocenters.